The van der Waals surface area contributed by atoms with E-state index >= 15 is 0 Å². The van der Waals surface area contributed by atoms with Crippen LogP contribution in [0.4, 0.5) is 5.82 Å². The number of likely N-dealkylation sites (tertiary alicyclic amines) is 1. The van der Waals surface area contributed by atoms with E-state index in [0.29, 0.717) is 19.6 Å². The molecule has 1 amide bonds. The summed E-state index contributed by atoms with van der Waals surface area (Å²) in [5.41, 5.74) is 4.21. The molecule has 0 saturated carbocycles. The number of carbonyl (C=O) groups is 1. The van der Waals surface area contributed by atoms with Crippen LogP contribution in [0.3, 0.4) is 0 Å². The van der Waals surface area contributed by atoms with E-state index in [1.807, 2.05) is 24.5 Å². The molecule has 27 heavy (non-hydrogen) atoms. The molecule has 1 N–H and O–H groups in total. The van der Waals surface area contributed by atoms with Crippen LogP contribution in [0.25, 0.3) is 22.0 Å². The van der Waals surface area contributed by atoms with Crippen LogP contribution in [0.2, 0.25) is 0 Å². The minimum atomic E-state index is -0.114. The maximum Gasteiger partial charge on any atom is 0.233 e. The molecule has 2 aliphatic rings. The fourth-order valence-corrected chi connectivity index (χ4v) is 4.12. The summed E-state index contributed by atoms with van der Waals surface area (Å²) in [6, 6.07) is 8.20. The lowest BCUT2D eigenvalue weighted by Crippen LogP contribution is -2.36. The van der Waals surface area contributed by atoms with Gasteiger partial charge in [-0.25, -0.2) is 4.98 Å². The zero-order valence-corrected chi connectivity index (χ0v) is 14.7. The Balaban J connectivity index is 1.45. The first-order chi connectivity index (χ1) is 13.2. The van der Waals surface area contributed by atoms with E-state index in [0.717, 1.165) is 46.3 Å². The van der Waals surface area contributed by atoms with E-state index in [4.69, 9.17) is 5.26 Å². The second kappa shape index (κ2) is 6.09. The van der Waals surface area contributed by atoms with Crippen LogP contribution in [-0.2, 0) is 11.2 Å². The predicted octanol–water partition coefficient (Wildman–Crippen LogP) is 2.32. The van der Waals surface area contributed by atoms with Gasteiger partial charge in [0.2, 0.25) is 5.91 Å². The van der Waals surface area contributed by atoms with Crippen molar-refractivity contribution in [3.8, 4) is 17.3 Å². The second-order valence-corrected chi connectivity index (χ2v) is 7.12. The lowest BCUT2D eigenvalue weighted by molar-refractivity contribution is -0.121. The van der Waals surface area contributed by atoms with Crippen molar-refractivity contribution in [3.63, 3.8) is 0 Å². The summed E-state index contributed by atoms with van der Waals surface area (Å²) in [7, 11) is 0. The molecule has 2 aliphatic heterocycles. The monoisotopic (exact) mass is 358 g/mol. The number of H-pyrrole nitrogens is 1. The largest absolute Gasteiger partial charge is 0.310 e. The zero-order chi connectivity index (χ0) is 18.4. The van der Waals surface area contributed by atoms with Gasteiger partial charge in [0, 0.05) is 36.8 Å². The molecule has 3 aromatic rings. The number of aromatic nitrogens is 3. The number of rotatable bonds is 2. The summed E-state index contributed by atoms with van der Waals surface area (Å²) in [5, 5.41) is 17.2. The lowest BCUT2D eigenvalue weighted by Gasteiger charge is -2.20. The summed E-state index contributed by atoms with van der Waals surface area (Å²) in [6.45, 7) is 1.83. The van der Waals surface area contributed by atoms with Crippen LogP contribution in [0.5, 0.6) is 0 Å². The highest BCUT2D eigenvalue weighted by Gasteiger charge is 2.35. The lowest BCUT2D eigenvalue weighted by atomic mass is 10.0. The average molecular weight is 358 g/mol. The Bertz CT molecular complexity index is 1080. The molecule has 7 heteroatoms. The van der Waals surface area contributed by atoms with Crippen molar-refractivity contribution >= 4 is 22.6 Å². The normalized spacial score (nSPS) is 18.7. The molecule has 1 atom stereocenters. The third-order valence-corrected chi connectivity index (χ3v) is 5.54. The van der Waals surface area contributed by atoms with E-state index in [1.165, 1.54) is 0 Å². The van der Waals surface area contributed by atoms with E-state index in [2.05, 4.69) is 33.5 Å². The molecule has 1 unspecified atom stereocenters. The van der Waals surface area contributed by atoms with E-state index in [9.17, 15) is 4.79 Å². The molecule has 4 heterocycles. The van der Waals surface area contributed by atoms with Gasteiger partial charge in [0.1, 0.15) is 5.82 Å². The Labute approximate surface area is 156 Å². The standard InChI is InChI=1S/C20H18N6O/c21-12-25-6-4-14(11-25)20(27)26-7-5-13-8-15(9-22-19(13)26)16-2-1-3-18-17(16)10-23-24-18/h1-3,8-10,14H,4-7,11H2,(H,23,24). The first-order valence-corrected chi connectivity index (χ1v) is 9.12. The Hall–Kier alpha value is -3.40. The van der Waals surface area contributed by atoms with Crippen LogP contribution >= 0.6 is 0 Å². The van der Waals surface area contributed by atoms with Gasteiger partial charge in [0.15, 0.2) is 6.19 Å². The second-order valence-electron chi connectivity index (χ2n) is 7.12. The summed E-state index contributed by atoms with van der Waals surface area (Å²) in [6.07, 6.45) is 7.34. The van der Waals surface area contributed by atoms with Crippen LogP contribution in [-0.4, -0.2) is 45.6 Å². The minimum Gasteiger partial charge on any atom is -0.310 e. The first-order valence-electron chi connectivity index (χ1n) is 9.12. The van der Waals surface area contributed by atoms with Gasteiger partial charge in [-0.2, -0.15) is 10.4 Å². The molecule has 1 fully saturated rings. The Morgan fingerprint density at radius 2 is 2.22 bits per heavy atom. The number of amides is 1. The number of anilines is 1. The minimum absolute atomic E-state index is 0.0867. The zero-order valence-electron chi connectivity index (χ0n) is 14.7. The van der Waals surface area contributed by atoms with Crippen molar-refractivity contribution < 1.29 is 4.79 Å². The van der Waals surface area contributed by atoms with Gasteiger partial charge in [-0.05, 0) is 36.1 Å². The van der Waals surface area contributed by atoms with Crippen LogP contribution < -0.4 is 4.90 Å². The van der Waals surface area contributed by atoms with Crippen molar-refractivity contribution in [2.75, 3.05) is 24.5 Å². The molecule has 0 spiro atoms. The number of hydrogen-bond donors (Lipinski definition) is 1. The van der Waals surface area contributed by atoms with Gasteiger partial charge in [-0.1, -0.05) is 12.1 Å². The Morgan fingerprint density at radius 1 is 1.30 bits per heavy atom. The highest BCUT2D eigenvalue weighted by Crippen LogP contribution is 2.34. The maximum absolute atomic E-state index is 12.9. The van der Waals surface area contributed by atoms with Gasteiger partial charge >= 0.3 is 0 Å². The van der Waals surface area contributed by atoms with Gasteiger partial charge < -0.3 is 4.90 Å². The summed E-state index contributed by atoms with van der Waals surface area (Å²) >= 11 is 0. The fourth-order valence-electron chi connectivity index (χ4n) is 4.12. The van der Waals surface area contributed by atoms with Gasteiger partial charge in [0.05, 0.1) is 17.6 Å². The number of nitrogens with zero attached hydrogens (tertiary/aromatic N) is 5. The maximum atomic E-state index is 12.9. The number of pyridine rings is 1. The van der Waals surface area contributed by atoms with Crippen LogP contribution in [0.15, 0.2) is 36.7 Å². The molecular weight excluding hydrogens is 340 g/mol. The molecule has 5 rings (SSSR count). The summed E-state index contributed by atoms with van der Waals surface area (Å²) < 4.78 is 0. The highest BCUT2D eigenvalue weighted by atomic mass is 16.2. The molecule has 134 valence electrons. The van der Waals surface area contributed by atoms with Gasteiger partial charge in [-0.15, -0.1) is 0 Å². The van der Waals surface area contributed by atoms with Crippen molar-refractivity contribution in [3.05, 3.63) is 42.2 Å². The van der Waals surface area contributed by atoms with Crippen molar-refractivity contribution in [1.29, 1.82) is 5.26 Å². The number of fused-ring (bicyclic) bond motifs is 2. The molecule has 7 nitrogen and oxygen atoms in total. The average Bonchev–Trinajstić information content (AvgIpc) is 3.45. The predicted molar refractivity (Wildman–Crippen MR) is 101 cm³/mol. The Morgan fingerprint density at radius 3 is 3.07 bits per heavy atom. The first kappa shape index (κ1) is 15.8. The smallest absolute Gasteiger partial charge is 0.233 e. The number of aromatic amines is 1. The van der Waals surface area contributed by atoms with Crippen molar-refractivity contribution in [2.45, 2.75) is 12.8 Å². The van der Waals surface area contributed by atoms with Gasteiger partial charge in [-0.3, -0.25) is 14.8 Å². The quantitative estimate of drug-likeness (QED) is 0.710. The highest BCUT2D eigenvalue weighted by molar-refractivity contribution is 5.98. The number of nitrogens with one attached hydrogen (secondary N) is 1. The molecule has 1 saturated heterocycles. The Kier molecular flexibility index (Phi) is 3.57. The molecular formula is C20H18N6O. The fraction of sp³-hybridized carbons (Fsp3) is 0.300. The molecule has 0 radical (unpaired) electrons. The van der Waals surface area contributed by atoms with Crippen LogP contribution in [0, 0.1) is 17.4 Å². The number of nitriles is 1. The van der Waals surface area contributed by atoms with Crippen molar-refractivity contribution in [2.24, 2.45) is 5.92 Å². The van der Waals surface area contributed by atoms with Gasteiger partial charge in [0.25, 0.3) is 0 Å². The summed E-state index contributed by atoms with van der Waals surface area (Å²) in [5.74, 6) is 0.735. The number of hydrogen-bond acceptors (Lipinski definition) is 5. The molecule has 0 aliphatic carbocycles. The molecule has 2 aromatic heterocycles. The van der Waals surface area contributed by atoms with E-state index in [-0.39, 0.29) is 11.8 Å². The third-order valence-electron chi connectivity index (χ3n) is 5.54. The number of carbonyl (C=O) groups excluding carboxylic acids is 1. The molecule has 1 aromatic carbocycles. The summed E-state index contributed by atoms with van der Waals surface area (Å²) in [4.78, 5) is 21.0. The van der Waals surface area contributed by atoms with E-state index < -0.39 is 0 Å². The van der Waals surface area contributed by atoms with E-state index in [1.54, 1.807) is 9.80 Å². The van der Waals surface area contributed by atoms with Crippen LogP contribution in [0.1, 0.15) is 12.0 Å². The van der Waals surface area contributed by atoms with Crippen molar-refractivity contribution in [1.82, 2.24) is 20.1 Å². The number of benzene rings is 1. The topological polar surface area (TPSA) is 88.9 Å². The SMILES string of the molecule is N#CN1CCC(C(=O)N2CCc3cc(-c4cccc5[nH]ncc45)cnc32)C1. The third kappa shape index (κ3) is 2.53. The molecule has 0 bridgehead atoms.